The average Bonchev–Trinajstić information content (AvgIpc) is 2.74. The highest BCUT2D eigenvalue weighted by molar-refractivity contribution is 5.95. The molecule has 7 heteroatoms. The molecule has 0 fully saturated rings. The molecule has 0 saturated heterocycles. The second kappa shape index (κ2) is 11.1. The average molecular weight is 413 g/mol. The number of carbonyl (C=O) groups excluding carboxylic acids is 3. The van der Waals surface area contributed by atoms with Crippen molar-refractivity contribution >= 4 is 23.4 Å². The Hall–Kier alpha value is -3.22. The van der Waals surface area contributed by atoms with Gasteiger partial charge in [-0.3, -0.25) is 14.4 Å². The van der Waals surface area contributed by atoms with E-state index in [2.05, 4.69) is 10.6 Å². The van der Waals surface area contributed by atoms with Crippen LogP contribution >= 0.6 is 0 Å². The molecular formula is C23H28FN3O3. The molecule has 0 aliphatic rings. The maximum Gasteiger partial charge on any atom is 0.243 e. The summed E-state index contributed by atoms with van der Waals surface area (Å²) in [4.78, 5) is 38.5. The third kappa shape index (κ3) is 7.31. The van der Waals surface area contributed by atoms with Gasteiger partial charge in [0, 0.05) is 18.2 Å². The summed E-state index contributed by atoms with van der Waals surface area (Å²) in [5.41, 5.74) is 2.44. The molecule has 2 N–H and O–H groups in total. The minimum atomic E-state index is -0.437. The van der Waals surface area contributed by atoms with Crippen LogP contribution in [0.1, 0.15) is 31.4 Å². The highest BCUT2D eigenvalue weighted by atomic mass is 19.1. The second-order valence-corrected chi connectivity index (χ2v) is 7.32. The number of hydrogen-bond donors (Lipinski definition) is 2. The van der Waals surface area contributed by atoms with Crippen molar-refractivity contribution in [2.45, 2.75) is 33.7 Å². The van der Waals surface area contributed by atoms with Crippen LogP contribution in [0.4, 0.5) is 10.1 Å². The van der Waals surface area contributed by atoms with E-state index < -0.39 is 5.91 Å². The molecule has 0 aromatic heterocycles. The normalized spacial score (nSPS) is 11.5. The van der Waals surface area contributed by atoms with Gasteiger partial charge in [0.25, 0.3) is 0 Å². The fourth-order valence-electron chi connectivity index (χ4n) is 2.76. The van der Waals surface area contributed by atoms with Crippen LogP contribution in [0.2, 0.25) is 0 Å². The van der Waals surface area contributed by atoms with Gasteiger partial charge in [-0.15, -0.1) is 0 Å². The van der Waals surface area contributed by atoms with E-state index in [4.69, 9.17) is 0 Å². The molecule has 0 aliphatic carbocycles. The number of carbonyl (C=O) groups is 3. The topological polar surface area (TPSA) is 78.5 Å². The van der Waals surface area contributed by atoms with Crippen LogP contribution < -0.4 is 10.6 Å². The quantitative estimate of drug-likeness (QED) is 0.662. The number of rotatable bonds is 9. The zero-order chi connectivity index (χ0) is 22.1. The molecule has 6 nitrogen and oxygen atoms in total. The molecule has 30 heavy (non-hydrogen) atoms. The minimum absolute atomic E-state index is 0.166. The summed E-state index contributed by atoms with van der Waals surface area (Å²) in [5.74, 6) is -1.57. The van der Waals surface area contributed by atoms with Crippen molar-refractivity contribution in [3.63, 3.8) is 0 Å². The Morgan fingerprint density at radius 2 is 1.63 bits per heavy atom. The maximum atomic E-state index is 13.1. The Labute approximate surface area is 176 Å². The monoisotopic (exact) mass is 413 g/mol. The van der Waals surface area contributed by atoms with Crippen LogP contribution in [0, 0.1) is 18.7 Å². The summed E-state index contributed by atoms with van der Waals surface area (Å²) in [6.45, 7) is 5.45. The second-order valence-electron chi connectivity index (χ2n) is 7.32. The zero-order valence-corrected chi connectivity index (χ0v) is 17.6. The van der Waals surface area contributed by atoms with Gasteiger partial charge in [0.05, 0.1) is 13.1 Å². The first-order valence-electron chi connectivity index (χ1n) is 9.95. The van der Waals surface area contributed by atoms with E-state index in [-0.39, 0.29) is 43.2 Å². The molecule has 2 aromatic carbocycles. The molecular weight excluding hydrogens is 385 g/mol. The highest BCUT2D eigenvalue weighted by Crippen LogP contribution is 2.12. The van der Waals surface area contributed by atoms with Crippen LogP contribution in [0.5, 0.6) is 0 Å². The zero-order valence-electron chi connectivity index (χ0n) is 17.6. The molecule has 0 saturated carbocycles. The Morgan fingerprint density at radius 3 is 2.23 bits per heavy atom. The lowest BCUT2D eigenvalue weighted by Gasteiger charge is -2.25. The van der Waals surface area contributed by atoms with Crippen LogP contribution in [0.3, 0.4) is 0 Å². The highest BCUT2D eigenvalue weighted by Gasteiger charge is 2.22. The van der Waals surface area contributed by atoms with Gasteiger partial charge in [-0.05, 0) is 43.2 Å². The predicted octanol–water partition coefficient (Wildman–Crippen LogP) is 3.26. The van der Waals surface area contributed by atoms with Crippen LogP contribution in [-0.4, -0.2) is 35.7 Å². The van der Waals surface area contributed by atoms with Crippen LogP contribution in [-0.2, 0) is 20.9 Å². The van der Waals surface area contributed by atoms with Crippen LogP contribution in [0.25, 0.3) is 0 Å². The molecule has 3 amide bonds. The van der Waals surface area contributed by atoms with E-state index in [1.165, 1.54) is 17.0 Å². The number of nitrogens with one attached hydrogen (secondary N) is 2. The largest absolute Gasteiger partial charge is 0.345 e. The van der Waals surface area contributed by atoms with Crippen molar-refractivity contribution in [3.8, 4) is 0 Å². The Morgan fingerprint density at radius 1 is 1.00 bits per heavy atom. The third-order valence-electron chi connectivity index (χ3n) is 4.75. The number of halogens is 1. The van der Waals surface area contributed by atoms with E-state index in [1.54, 1.807) is 31.2 Å². The Kier molecular flexibility index (Phi) is 8.53. The number of amides is 3. The van der Waals surface area contributed by atoms with Gasteiger partial charge in [0.1, 0.15) is 5.82 Å². The predicted molar refractivity (Wildman–Crippen MR) is 114 cm³/mol. The molecule has 0 spiro atoms. The lowest BCUT2D eigenvalue weighted by molar-refractivity contribution is -0.139. The lowest BCUT2D eigenvalue weighted by Crippen LogP contribution is -2.44. The standard InChI is InChI=1S/C23H28FN3O3/c1-4-17(3)23(30)27(14-18-7-9-19(24)10-8-18)15-22(29)25-13-21(28)26-20-11-5-16(2)6-12-20/h5-12,17H,4,13-15H2,1-3H3,(H,25,29)(H,26,28). The van der Waals surface area contributed by atoms with Gasteiger partial charge in [-0.25, -0.2) is 4.39 Å². The van der Waals surface area contributed by atoms with E-state index in [0.717, 1.165) is 11.1 Å². The lowest BCUT2D eigenvalue weighted by atomic mass is 10.1. The SMILES string of the molecule is CCC(C)C(=O)N(CC(=O)NCC(=O)Nc1ccc(C)cc1)Cc1ccc(F)cc1. The van der Waals surface area contributed by atoms with Gasteiger partial charge < -0.3 is 15.5 Å². The number of aryl methyl sites for hydroxylation is 1. The number of benzene rings is 2. The van der Waals surface area contributed by atoms with Gasteiger partial charge in [-0.1, -0.05) is 43.7 Å². The molecule has 2 aromatic rings. The Balaban J connectivity index is 1.93. The van der Waals surface area contributed by atoms with E-state index in [9.17, 15) is 18.8 Å². The summed E-state index contributed by atoms with van der Waals surface area (Å²) in [6, 6.07) is 13.1. The summed E-state index contributed by atoms with van der Waals surface area (Å²) in [7, 11) is 0. The van der Waals surface area contributed by atoms with Gasteiger partial charge in [-0.2, -0.15) is 0 Å². The number of nitrogens with zero attached hydrogens (tertiary/aromatic N) is 1. The Bertz CT molecular complexity index is 866. The number of hydrogen-bond acceptors (Lipinski definition) is 3. The fraction of sp³-hybridized carbons (Fsp3) is 0.348. The maximum absolute atomic E-state index is 13.1. The van der Waals surface area contributed by atoms with E-state index in [0.29, 0.717) is 12.1 Å². The summed E-state index contributed by atoms with van der Waals surface area (Å²) in [5, 5.41) is 5.25. The van der Waals surface area contributed by atoms with Gasteiger partial charge in [0.15, 0.2) is 0 Å². The molecule has 1 unspecified atom stereocenters. The molecule has 0 radical (unpaired) electrons. The van der Waals surface area contributed by atoms with Crippen molar-refractivity contribution in [2.24, 2.45) is 5.92 Å². The third-order valence-corrected chi connectivity index (χ3v) is 4.75. The number of anilines is 1. The smallest absolute Gasteiger partial charge is 0.243 e. The van der Waals surface area contributed by atoms with Crippen molar-refractivity contribution in [2.75, 3.05) is 18.4 Å². The van der Waals surface area contributed by atoms with Crippen molar-refractivity contribution in [1.82, 2.24) is 10.2 Å². The van der Waals surface area contributed by atoms with Gasteiger partial charge >= 0.3 is 0 Å². The van der Waals surface area contributed by atoms with E-state index in [1.807, 2.05) is 26.0 Å². The first kappa shape index (κ1) is 23.1. The molecule has 0 aliphatic heterocycles. The molecule has 0 bridgehead atoms. The van der Waals surface area contributed by atoms with Gasteiger partial charge in [0.2, 0.25) is 17.7 Å². The fourth-order valence-corrected chi connectivity index (χ4v) is 2.76. The summed E-state index contributed by atoms with van der Waals surface area (Å²) < 4.78 is 13.1. The first-order chi connectivity index (χ1) is 14.3. The van der Waals surface area contributed by atoms with Crippen LogP contribution in [0.15, 0.2) is 48.5 Å². The van der Waals surface area contributed by atoms with Crippen molar-refractivity contribution < 1.29 is 18.8 Å². The molecule has 1 atom stereocenters. The molecule has 2 rings (SSSR count). The molecule has 0 heterocycles. The van der Waals surface area contributed by atoms with E-state index >= 15 is 0 Å². The van der Waals surface area contributed by atoms with Crippen molar-refractivity contribution in [3.05, 3.63) is 65.5 Å². The first-order valence-corrected chi connectivity index (χ1v) is 9.95. The van der Waals surface area contributed by atoms with Crippen molar-refractivity contribution in [1.29, 1.82) is 0 Å². The summed E-state index contributed by atoms with van der Waals surface area (Å²) in [6.07, 6.45) is 0.638. The molecule has 160 valence electrons. The minimum Gasteiger partial charge on any atom is -0.345 e. The summed E-state index contributed by atoms with van der Waals surface area (Å²) >= 11 is 0.